The first-order valence-electron chi connectivity index (χ1n) is 4.43. The molecular weight excluding hydrogens is 194 g/mol. The molecule has 5 heteroatoms. The van der Waals surface area contributed by atoms with Crippen LogP contribution in [0.3, 0.4) is 0 Å². The van der Waals surface area contributed by atoms with E-state index in [4.69, 9.17) is 0 Å². The molecule has 0 aliphatic heterocycles. The molecule has 0 fully saturated rings. The average molecular weight is 203 g/mol. The number of nitro groups is 1. The Kier molecular flexibility index (Phi) is 2.21. The highest BCUT2D eigenvalue weighted by atomic mass is 16.6. The van der Waals surface area contributed by atoms with E-state index in [0.717, 1.165) is 17.0 Å². The Morgan fingerprint density at radius 1 is 1.33 bits per heavy atom. The molecule has 1 aromatic heterocycles. The van der Waals surface area contributed by atoms with Crippen LogP contribution in [0.25, 0.3) is 11.3 Å². The van der Waals surface area contributed by atoms with E-state index in [2.05, 4.69) is 10.2 Å². The topological polar surface area (TPSA) is 71.8 Å². The summed E-state index contributed by atoms with van der Waals surface area (Å²) in [4.78, 5) is 10.0. The predicted molar refractivity (Wildman–Crippen MR) is 55.4 cm³/mol. The van der Waals surface area contributed by atoms with Gasteiger partial charge in [-0.25, -0.2) is 0 Å². The predicted octanol–water partition coefficient (Wildman–Crippen LogP) is 2.29. The molecule has 1 aromatic carbocycles. The number of H-pyrrole nitrogens is 1. The van der Waals surface area contributed by atoms with Crippen molar-refractivity contribution >= 4 is 5.69 Å². The summed E-state index contributed by atoms with van der Waals surface area (Å²) in [7, 11) is 0. The normalized spacial score (nSPS) is 10.2. The van der Waals surface area contributed by atoms with Crippen LogP contribution in [0, 0.1) is 17.0 Å². The summed E-state index contributed by atoms with van der Waals surface area (Å²) in [6.07, 6.45) is 0. The maximum atomic E-state index is 10.4. The second-order valence-corrected chi connectivity index (χ2v) is 3.24. The van der Waals surface area contributed by atoms with E-state index >= 15 is 0 Å². The Labute approximate surface area is 85.9 Å². The highest BCUT2D eigenvalue weighted by Crippen LogP contribution is 2.20. The minimum Gasteiger partial charge on any atom is -0.282 e. The van der Waals surface area contributed by atoms with Crippen molar-refractivity contribution in [2.24, 2.45) is 0 Å². The van der Waals surface area contributed by atoms with Gasteiger partial charge in [0.05, 0.1) is 10.6 Å². The molecule has 0 saturated heterocycles. The number of aromatic amines is 1. The molecule has 1 heterocycles. The van der Waals surface area contributed by atoms with Crippen molar-refractivity contribution in [1.82, 2.24) is 10.2 Å². The van der Waals surface area contributed by atoms with Crippen LogP contribution in [0.5, 0.6) is 0 Å². The Morgan fingerprint density at radius 2 is 2.00 bits per heavy atom. The van der Waals surface area contributed by atoms with Crippen molar-refractivity contribution in [3.8, 4) is 11.3 Å². The molecule has 76 valence electrons. The van der Waals surface area contributed by atoms with Crippen molar-refractivity contribution in [2.75, 3.05) is 0 Å². The summed E-state index contributed by atoms with van der Waals surface area (Å²) in [6.45, 7) is 1.90. The maximum absolute atomic E-state index is 10.4. The largest absolute Gasteiger partial charge is 0.282 e. The lowest BCUT2D eigenvalue weighted by Crippen LogP contribution is -1.87. The van der Waals surface area contributed by atoms with E-state index in [-0.39, 0.29) is 5.69 Å². The Morgan fingerprint density at radius 3 is 2.47 bits per heavy atom. The van der Waals surface area contributed by atoms with Crippen LogP contribution in [0.4, 0.5) is 5.69 Å². The zero-order valence-corrected chi connectivity index (χ0v) is 8.10. The molecule has 0 saturated carbocycles. The Bertz CT molecular complexity index is 488. The van der Waals surface area contributed by atoms with Crippen molar-refractivity contribution in [1.29, 1.82) is 0 Å². The smallest absolute Gasteiger partial charge is 0.269 e. The van der Waals surface area contributed by atoms with Crippen molar-refractivity contribution in [2.45, 2.75) is 6.92 Å². The number of aryl methyl sites for hydroxylation is 1. The number of nitrogens with zero attached hydrogens (tertiary/aromatic N) is 2. The van der Waals surface area contributed by atoms with E-state index in [1.807, 2.05) is 13.0 Å². The molecule has 15 heavy (non-hydrogen) atoms. The fraction of sp³-hybridized carbons (Fsp3) is 0.100. The van der Waals surface area contributed by atoms with Crippen molar-refractivity contribution < 1.29 is 4.92 Å². The van der Waals surface area contributed by atoms with E-state index in [1.54, 1.807) is 12.1 Å². The lowest BCUT2D eigenvalue weighted by molar-refractivity contribution is -0.384. The highest BCUT2D eigenvalue weighted by molar-refractivity contribution is 5.60. The van der Waals surface area contributed by atoms with Gasteiger partial charge in [-0.05, 0) is 25.1 Å². The van der Waals surface area contributed by atoms with Gasteiger partial charge in [-0.3, -0.25) is 15.2 Å². The monoisotopic (exact) mass is 203 g/mol. The summed E-state index contributed by atoms with van der Waals surface area (Å²) >= 11 is 0. The van der Waals surface area contributed by atoms with E-state index in [9.17, 15) is 10.1 Å². The minimum atomic E-state index is -0.417. The SMILES string of the molecule is Cc1cc(-c2ccc([N+](=O)[O-])cc2)n[nH]1. The minimum absolute atomic E-state index is 0.0889. The Hall–Kier alpha value is -2.17. The first-order valence-corrected chi connectivity index (χ1v) is 4.43. The van der Waals surface area contributed by atoms with E-state index < -0.39 is 4.92 Å². The molecule has 2 rings (SSSR count). The molecular formula is C10H9N3O2. The van der Waals surface area contributed by atoms with Gasteiger partial charge in [0.1, 0.15) is 0 Å². The fourth-order valence-electron chi connectivity index (χ4n) is 1.32. The highest BCUT2D eigenvalue weighted by Gasteiger charge is 2.06. The van der Waals surface area contributed by atoms with Gasteiger partial charge in [0, 0.05) is 23.4 Å². The second kappa shape index (κ2) is 3.53. The van der Waals surface area contributed by atoms with Crippen molar-refractivity contribution in [3.63, 3.8) is 0 Å². The number of benzene rings is 1. The molecule has 0 spiro atoms. The molecule has 0 atom stereocenters. The summed E-state index contributed by atoms with van der Waals surface area (Å²) in [6, 6.07) is 8.21. The van der Waals surface area contributed by atoms with Gasteiger partial charge in [0.15, 0.2) is 0 Å². The third-order valence-electron chi connectivity index (χ3n) is 2.08. The first kappa shape index (κ1) is 9.39. The van der Waals surface area contributed by atoms with Crippen LogP contribution >= 0.6 is 0 Å². The molecule has 0 aliphatic rings. The number of nitrogens with one attached hydrogen (secondary N) is 1. The number of non-ortho nitro benzene ring substituents is 1. The van der Waals surface area contributed by atoms with Crippen LogP contribution in [0.2, 0.25) is 0 Å². The zero-order valence-electron chi connectivity index (χ0n) is 8.10. The van der Waals surface area contributed by atoms with Gasteiger partial charge < -0.3 is 0 Å². The van der Waals surface area contributed by atoms with E-state index in [1.165, 1.54) is 12.1 Å². The lowest BCUT2D eigenvalue weighted by atomic mass is 10.1. The molecule has 0 aliphatic carbocycles. The molecule has 0 unspecified atom stereocenters. The third-order valence-corrected chi connectivity index (χ3v) is 2.08. The van der Waals surface area contributed by atoms with Crippen LogP contribution in [-0.4, -0.2) is 15.1 Å². The number of rotatable bonds is 2. The number of aromatic nitrogens is 2. The summed E-state index contributed by atoms with van der Waals surface area (Å²) < 4.78 is 0. The number of hydrogen-bond acceptors (Lipinski definition) is 3. The Balaban J connectivity index is 2.35. The fourth-order valence-corrected chi connectivity index (χ4v) is 1.32. The lowest BCUT2D eigenvalue weighted by Gasteiger charge is -1.95. The van der Waals surface area contributed by atoms with Crippen LogP contribution in [0.1, 0.15) is 5.69 Å². The van der Waals surface area contributed by atoms with Gasteiger partial charge in [0.2, 0.25) is 0 Å². The summed E-state index contributed by atoms with van der Waals surface area (Å²) in [5, 5.41) is 17.3. The molecule has 0 radical (unpaired) electrons. The van der Waals surface area contributed by atoms with Crippen LogP contribution < -0.4 is 0 Å². The van der Waals surface area contributed by atoms with Gasteiger partial charge in [-0.15, -0.1) is 0 Å². The van der Waals surface area contributed by atoms with Gasteiger partial charge >= 0.3 is 0 Å². The van der Waals surface area contributed by atoms with E-state index in [0.29, 0.717) is 0 Å². The molecule has 2 aromatic rings. The molecule has 0 amide bonds. The molecule has 1 N–H and O–H groups in total. The van der Waals surface area contributed by atoms with Gasteiger partial charge in [0.25, 0.3) is 5.69 Å². The summed E-state index contributed by atoms with van der Waals surface area (Å²) in [5.74, 6) is 0. The van der Waals surface area contributed by atoms with Crippen LogP contribution in [0.15, 0.2) is 30.3 Å². The van der Waals surface area contributed by atoms with Crippen LogP contribution in [-0.2, 0) is 0 Å². The quantitative estimate of drug-likeness (QED) is 0.601. The van der Waals surface area contributed by atoms with Crippen molar-refractivity contribution in [3.05, 3.63) is 46.1 Å². The van der Waals surface area contributed by atoms with Gasteiger partial charge in [-0.2, -0.15) is 5.10 Å². The zero-order chi connectivity index (χ0) is 10.8. The number of hydrogen-bond donors (Lipinski definition) is 1. The third kappa shape index (κ3) is 1.85. The number of nitro benzene ring substituents is 1. The summed E-state index contributed by atoms with van der Waals surface area (Å²) in [5.41, 5.74) is 2.71. The second-order valence-electron chi connectivity index (χ2n) is 3.24. The average Bonchev–Trinajstić information content (AvgIpc) is 2.65. The molecule has 5 nitrogen and oxygen atoms in total. The maximum Gasteiger partial charge on any atom is 0.269 e. The molecule has 0 bridgehead atoms. The standard InChI is InChI=1S/C10H9N3O2/c1-7-6-10(12-11-7)8-2-4-9(5-3-8)13(14)15/h2-6H,1H3,(H,11,12). The van der Waals surface area contributed by atoms with Gasteiger partial charge in [-0.1, -0.05) is 0 Å². The first-order chi connectivity index (χ1) is 7.16.